The van der Waals surface area contributed by atoms with Crippen LogP contribution in [0.25, 0.3) is 0 Å². The van der Waals surface area contributed by atoms with Crippen molar-refractivity contribution in [2.75, 3.05) is 40.0 Å². The highest BCUT2D eigenvalue weighted by atomic mass is 17.2. The Balaban J connectivity index is 3.87. The van der Waals surface area contributed by atoms with Gasteiger partial charge in [-0.15, -0.1) is 0 Å². The first-order valence-electron chi connectivity index (χ1n) is 22.7. The minimum Gasteiger partial charge on any atom is -0.465 e. The van der Waals surface area contributed by atoms with Crippen molar-refractivity contribution in [2.24, 2.45) is 11.8 Å². The Morgan fingerprint density at radius 2 is 0.820 bits per heavy atom. The van der Waals surface area contributed by atoms with Gasteiger partial charge in [0.15, 0.2) is 0 Å². The maximum Gasteiger partial charge on any atom is 0.308 e. The van der Waals surface area contributed by atoms with Gasteiger partial charge in [-0.05, 0) is 77.4 Å². The highest BCUT2D eigenvalue weighted by Crippen LogP contribution is 2.22. The van der Waals surface area contributed by atoms with E-state index in [-0.39, 0.29) is 11.9 Å². The van der Waals surface area contributed by atoms with Gasteiger partial charge in [-0.25, -0.2) is 9.78 Å². The van der Waals surface area contributed by atoms with Crippen LogP contribution in [0.15, 0.2) is 0 Å². The Kier molecular flexibility index (Phi) is 40.6. The molecule has 0 N–H and O–H groups in total. The van der Waals surface area contributed by atoms with Crippen LogP contribution in [0.1, 0.15) is 233 Å². The molecule has 0 fully saturated rings. The molecule has 50 heavy (non-hydrogen) atoms. The molecule has 5 heteroatoms. The Labute approximate surface area is 314 Å². The number of unbranched alkanes of at least 4 members (excludes halogenated alkanes) is 22. The van der Waals surface area contributed by atoms with E-state index in [1.165, 1.54) is 180 Å². The fourth-order valence-electron chi connectivity index (χ4n) is 7.09. The molecule has 300 valence electrons. The summed E-state index contributed by atoms with van der Waals surface area (Å²) in [7, 11) is 2.26. The molecule has 0 bridgehead atoms. The van der Waals surface area contributed by atoms with E-state index in [0.29, 0.717) is 12.5 Å². The van der Waals surface area contributed by atoms with E-state index in [0.717, 1.165) is 51.9 Å². The number of nitrogens with zero attached hydrogens (tertiary/aromatic N) is 1. The number of esters is 1. The lowest BCUT2D eigenvalue weighted by molar-refractivity contribution is -0.302. The molecule has 0 aliphatic heterocycles. The summed E-state index contributed by atoms with van der Waals surface area (Å²) in [6.07, 6.45) is 40.2. The van der Waals surface area contributed by atoms with Crippen LogP contribution in [0.2, 0.25) is 0 Å². The first-order chi connectivity index (χ1) is 24.6. The van der Waals surface area contributed by atoms with Gasteiger partial charge < -0.3 is 9.64 Å². The zero-order valence-electron chi connectivity index (χ0n) is 34.9. The second-order valence-corrected chi connectivity index (χ2v) is 15.8. The molecular weight excluding hydrogens is 618 g/mol. The van der Waals surface area contributed by atoms with Gasteiger partial charge >= 0.3 is 5.97 Å². The number of hydrogen-bond donors (Lipinski definition) is 0. The van der Waals surface area contributed by atoms with Crippen LogP contribution < -0.4 is 0 Å². The monoisotopic (exact) mass is 710 g/mol. The van der Waals surface area contributed by atoms with Gasteiger partial charge in [-0.2, -0.15) is 0 Å². The van der Waals surface area contributed by atoms with Gasteiger partial charge in [0.1, 0.15) is 0 Å². The molecule has 0 aliphatic rings. The fraction of sp³-hybridized carbons (Fsp3) is 0.978. The number of rotatable bonds is 42. The molecule has 0 amide bonds. The number of carbonyl (C=O) groups excluding carboxylic acids is 1. The van der Waals surface area contributed by atoms with Gasteiger partial charge in [0, 0.05) is 0 Å². The third kappa shape index (κ3) is 35.7. The molecule has 0 spiro atoms. The van der Waals surface area contributed by atoms with E-state index in [4.69, 9.17) is 14.5 Å². The van der Waals surface area contributed by atoms with Gasteiger partial charge in [0.25, 0.3) is 0 Å². The lowest BCUT2D eigenvalue weighted by Gasteiger charge is -2.17. The number of hydrogen-bond acceptors (Lipinski definition) is 5. The van der Waals surface area contributed by atoms with E-state index in [1.807, 2.05) is 0 Å². The molecule has 0 aliphatic carbocycles. The van der Waals surface area contributed by atoms with Gasteiger partial charge in [0.05, 0.1) is 25.7 Å². The topological polar surface area (TPSA) is 48.0 Å². The summed E-state index contributed by atoms with van der Waals surface area (Å²) >= 11 is 0. The molecule has 0 aromatic carbocycles. The van der Waals surface area contributed by atoms with Crippen LogP contribution in [0.5, 0.6) is 0 Å². The predicted octanol–water partition coefficient (Wildman–Crippen LogP) is 14.2. The molecule has 0 heterocycles. The second kappa shape index (κ2) is 41.1. The Bertz CT molecular complexity index is 659. The normalized spacial score (nSPS) is 12.9. The van der Waals surface area contributed by atoms with E-state index < -0.39 is 0 Å². The van der Waals surface area contributed by atoms with E-state index >= 15 is 0 Å². The lowest BCUT2D eigenvalue weighted by atomic mass is 9.94. The van der Waals surface area contributed by atoms with Gasteiger partial charge in [-0.1, -0.05) is 182 Å². The van der Waals surface area contributed by atoms with Crippen LogP contribution in [0, 0.1) is 11.8 Å². The molecule has 2 atom stereocenters. The van der Waals surface area contributed by atoms with Crippen molar-refractivity contribution in [2.45, 2.75) is 233 Å². The maximum absolute atomic E-state index is 12.9. The Hall–Kier alpha value is -0.650. The number of ether oxygens (including phenoxy) is 1. The summed E-state index contributed by atoms with van der Waals surface area (Å²) in [4.78, 5) is 26.7. The third-order valence-corrected chi connectivity index (χ3v) is 10.7. The Morgan fingerprint density at radius 1 is 0.440 bits per heavy atom. The van der Waals surface area contributed by atoms with Crippen LogP contribution >= 0.6 is 0 Å². The average molecular weight is 710 g/mol. The largest absolute Gasteiger partial charge is 0.465 e. The molecular formula is C45H91NO4. The van der Waals surface area contributed by atoms with Crippen molar-refractivity contribution in [3.8, 4) is 0 Å². The zero-order chi connectivity index (χ0) is 36.6. The highest BCUT2D eigenvalue weighted by molar-refractivity contribution is 5.72. The quantitative estimate of drug-likeness (QED) is 0.0273. The smallest absolute Gasteiger partial charge is 0.308 e. The predicted molar refractivity (Wildman–Crippen MR) is 218 cm³/mol. The molecule has 0 radical (unpaired) electrons. The highest BCUT2D eigenvalue weighted by Gasteiger charge is 2.19. The minimum atomic E-state index is 0.0782. The molecule has 0 saturated carbocycles. The van der Waals surface area contributed by atoms with Crippen molar-refractivity contribution in [3.05, 3.63) is 0 Å². The standard InChI is InChI=1S/C45H91NO4/c1-6-10-14-18-20-27-35-43(34-26-16-12-8-3)42-50-49-41-33-25-23-31-39-46(5)38-30-22-24-32-40-48-45(47)44(36-28-17-13-9-4)37-29-21-19-15-11-7-2/h43-44H,6-42H2,1-5H3. The van der Waals surface area contributed by atoms with Crippen molar-refractivity contribution >= 4 is 5.97 Å². The van der Waals surface area contributed by atoms with Gasteiger partial charge in [0.2, 0.25) is 0 Å². The van der Waals surface area contributed by atoms with E-state index in [1.54, 1.807) is 0 Å². The lowest BCUT2D eigenvalue weighted by Crippen LogP contribution is -2.21. The summed E-state index contributed by atoms with van der Waals surface area (Å²) in [6, 6.07) is 0. The number of carbonyl (C=O) groups is 1. The SMILES string of the molecule is CCCCCCCCC(CCCCCC)COOCCCCCCN(C)CCCCCCOC(=O)C(CCCCCC)CCCCCCCC. The zero-order valence-corrected chi connectivity index (χ0v) is 34.9. The van der Waals surface area contributed by atoms with Crippen molar-refractivity contribution in [1.29, 1.82) is 0 Å². The first-order valence-corrected chi connectivity index (χ1v) is 22.7. The van der Waals surface area contributed by atoms with E-state index in [9.17, 15) is 4.79 Å². The van der Waals surface area contributed by atoms with Crippen LogP contribution in [0.4, 0.5) is 0 Å². The van der Waals surface area contributed by atoms with Crippen LogP contribution in [-0.2, 0) is 19.3 Å². The minimum absolute atomic E-state index is 0.0782. The van der Waals surface area contributed by atoms with Crippen LogP contribution in [-0.4, -0.2) is 50.8 Å². The van der Waals surface area contributed by atoms with E-state index in [2.05, 4.69) is 39.6 Å². The molecule has 0 rings (SSSR count). The van der Waals surface area contributed by atoms with Crippen molar-refractivity contribution in [3.63, 3.8) is 0 Å². The molecule has 0 saturated heterocycles. The molecule has 0 aromatic heterocycles. The average Bonchev–Trinajstić information content (AvgIpc) is 3.12. The molecule has 5 nitrogen and oxygen atoms in total. The second-order valence-electron chi connectivity index (χ2n) is 15.8. The van der Waals surface area contributed by atoms with Crippen molar-refractivity contribution < 1.29 is 19.3 Å². The van der Waals surface area contributed by atoms with Crippen LogP contribution in [0.3, 0.4) is 0 Å². The fourth-order valence-corrected chi connectivity index (χ4v) is 7.09. The first kappa shape index (κ1) is 49.4. The Morgan fingerprint density at radius 3 is 1.32 bits per heavy atom. The summed E-state index contributed by atoms with van der Waals surface area (Å²) in [5.41, 5.74) is 0. The summed E-state index contributed by atoms with van der Waals surface area (Å²) in [6.45, 7) is 13.5. The van der Waals surface area contributed by atoms with Gasteiger partial charge in [-0.3, -0.25) is 4.79 Å². The maximum atomic E-state index is 12.9. The van der Waals surface area contributed by atoms with Crippen molar-refractivity contribution in [1.82, 2.24) is 4.90 Å². The molecule has 0 aromatic rings. The third-order valence-electron chi connectivity index (χ3n) is 10.7. The summed E-state index contributed by atoms with van der Waals surface area (Å²) in [5, 5.41) is 0. The summed E-state index contributed by atoms with van der Waals surface area (Å²) < 4.78 is 5.78. The summed E-state index contributed by atoms with van der Waals surface area (Å²) in [5.74, 6) is 0.859. The molecule has 2 unspecified atom stereocenters.